The molecule has 0 bridgehead atoms. The molecule has 0 spiro atoms. The Balaban J connectivity index is 1.91. The predicted octanol–water partition coefficient (Wildman–Crippen LogP) is 4.51. The summed E-state index contributed by atoms with van der Waals surface area (Å²) in [6, 6.07) is 18.7. The number of Topliss-reactive ketones (excluding diaryl/α,β-unsaturated/α-hetero) is 1. The van der Waals surface area contributed by atoms with Crippen molar-refractivity contribution in [3.63, 3.8) is 0 Å². The van der Waals surface area contributed by atoms with Crippen molar-refractivity contribution in [1.82, 2.24) is 0 Å². The van der Waals surface area contributed by atoms with E-state index in [-0.39, 0.29) is 17.9 Å². The van der Waals surface area contributed by atoms with Crippen molar-refractivity contribution in [1.29, 1.82) is 0 Å². The number of hydrogen-bond acceptors (Lipinski definition) is 7. The number of aliphatic hydroxyl groups is 1. The number of ether oxygens (including phenoxy) is 3. The van der Waals surface area contributed by atoms with Crippen LogP contribution in [0.2, 0.25) is 0 Å². The standard InChI is InChI=1S/C28H25NO7/c1-4-36-28(33)18-10-12-19(13-11-18)29-24(21-15-14-20(34-2)16-22(21)35-3)23(26(31)27(29)32)25(30)17-8-6-5-7-9-17/h5-16,24,30H,4H2,1-3H3. The number of carbonyl (C=O) groups excluding carboxylic acids is 3. The van der Waals surface area contributed by atoms with Crippen LogP contribution in [0, 0.1) is 0 Å². The monoisotopic (exact) mass is 487 g/mol. The molecule has 8 nitrogen and oxygen atoms in total. The fourth-order valence-corrected chi connectivity index (χ4v) is 4.16. The number of anilines is 1. The maximum absolute atomic E-state index is 13.4. The van der Waals surface area contributed by atoms with Crippen molar-refractivity contribution < 1.29 is 33.7 Å². The second-order valence-electron chi connectivity index (χ2n) is 7.91. The van der Waals surface area contributed by atoms with Crippen molar-refractivity contribution in [2.24, 2.45) is 0 Å². The zero-order valence-corrected chi connectivity index (χ0v) is 20.1. The van der Waals surface area contributed by atoms with Crippen molar-refractivity contribution in [2.45, 2.75) is 13.0 Å². The summed E-state index contributed by atoms with van der Waals surface area (Å²) in [7, 11) is 2.98. The molecule has 0 aromatic heterocycles. The van der Waals surface area contributed by atoms with Gasteiger partial charge in [-0.15, -0.1) is 0 Å². The molecule has 3 aromatic rings. The largest absolute Gasteiger partial charge is 0.507 e. The fourth-order valence-electron chi connectivity index (χ4n) is 4.16. The van der Waals surface area contributed by atoms with Crippen molar-refractivity contribution in [2.75, 3.05) is 25.7 Å². The average Bonchev–Trinajstić information content (AvgIpc) is 3.18. The number of aliphatic hydroxyl groups excluding tert-OH is 1. The summed E-state index contributed by atoms with van der Waals surface area (Å²) < 4.78 is 15.9. The third kappa shape index (κ3) is 4.40. The van der Waals surface area contributed by atoms with Gasteiger partial charge in [0.2, 0.25) is 0 Å². The first-order valence-electron chi connectivity index (χ1n) is 11.3. The van der Waals surface area contributed by atoms with Crippen LogP contribution in [-0.4, -0.2) is 43.6 Å². The molecular weight excluding hydrogens is 462 g/mol. The lowest BCUT2D eigenvalue weighted by Gasteiger charge is -2.27. The third-order valence-electron chi connectivity index (χ3n) is 5.88. The summed E-state index contributed by atoms with van der Waals surface area (Å²) in [5, 5.41) is 11.2. The minimum absolute atomic E-state index is 0.0795. The molecule has 184 valence electrons. The number of esters is 1. The van der Waals surface area contributed by atoms with Crippen LogP contribution in [0.4, 0.5) is 5.69 Å². The summed E-state index contributed by atoms with van der Waals surface area (Å²) >= 11 is 0. The van der Waals surface area contributed by atoms with Crippen LogP contribution in [0.5, 0.6) is 11.5 Å². The fraction of sp³-hybridized carbons (Fsp3) is 0.179. The Morgan fingerprint density at radius 3 is 2.22 bits per heavy atom. The smallest absolute Gasteiger partial charge is 0.338 e. The highest BCUT2D eigenvalue weighted by atomic mass is 16.5. The van der Waals surface area contributed by atoms with E-state index in [1.54, 1.807) is 67.6 Å². The maximum atomic E-state index is 13.4. The molecule has 36 heavy (non-hydrogen) atoms. The van der Waals surface area contributed by atoms with E-state index in [1.165, 1.54) is 31.3 Å². The predicted molar refractivity (Wildman–Crippen MR) is 133 cm³/mol. The number of nitrogens with zero attached hydrogens (tertiary/aromatic N) is 1. The van der Waals surface area contributed by atoms with Crippen LogP contribution in [-0.2, 0) is 14.3 Å². The van der Waals surface area contributed by atoms with Gasteiger partial charge in [0.05, 0.1) is 38.0 Å². The van der Waals surface area contributed by atoms with E-state index in [4.69, 9.17) is 14.2 Å². The molecule has 1 atom stereocenters. The molecule has 1 heterocycles. The van der Waals surface area contributed by atoms with Crippen LogP contribution in [0.3, 0.4) is 0 Å². The second kappa shape index (κ2) is 10.4. The van der Waals surface area contributed by atoms with E-state index in [2.05, 4.69) is 0 Å². The van der Waals surface area contributed by atoms with Crippen molar-refractivity contribution >= 4 is 29.1 Å². The van der Waals surface area contributed by atoms with E-state index in [1.807, 2.05) is 0 Å². The number of rotatable bonds is 7. The van der Waals surface area contributed by atoms with Gasteiger partial charge in [0.25, 0.3) is 11.7 Å². The van der Waals surface area contributed by atoms with Gasteiger partial charge in [-0.2, -0.15) is 0 Å². The Morgan fingerprint density at radius 2 is 1.61 bits per heavy atom. The first-order valence-corrected chi connectivity index (χ1v) is 11.3. The number of ketones is 1. The molecule has 1 N–H and O–H groups in total. The van der Waals surface area contributed by atoms with E-state index in [0.717, 1.165) is 0 Å². The molecule has 1 aliphatic rings. The Morgan fingerprint density at radius 1 is 0.917 bits per heavy atom. The van der Waals surface area contributed by atoms with Crippen molar-refractivity contribution in [3.05, 3.63) is 95.1 Å². The highest BCUT2D eigenvalue weighted by Gasteiger charge is 2.48. The van der Waals surface area contributed by atoms with Gasteiger partial charge in [-0.05, 0) is 43.3 Å². The number of hydrogen-bond donors (Lipinski definition) is 1. The molecule has 1 amide bonds. The van der Waals surface area contributed by atoms with Crippen LogP contribution in [0.15, 0.2) is 78.4 Å². The summed E-state index contributed by atoms with van der Waals surface area (Å²) in [5.41, 5.74) is 1.46. The van der Waals surface area contributed by atoms with E-state index in [9.17, 15) is 19.5 Å². The highest BCUT2D eigenvalue weighted by molar-refractivity contribution is 6.51. The first-order chi connectivity index (χ1) is 17.4. The zero-order valence-electron chi connectivity index (χ0n) is 20.1. The average molecular weight is 488 g/mol. The van der Waals surface area contributed by atoms with Crippen molar-refractivity contribution in [3.8, 4) is 11.5 Å². The number of carbonyl (C=O) groups is 3. The number of methoxy groups -OCH3 is 2. The molecular formula is C28H25NO7. The molecule has 0 aliphatic carbocycles. The number of benzene rings is 3. The van der Waals surface area contributed by atoms with E-state index < -0.39 is 23.7 Å². The van der Waals surface area contributed by atoms with Gasteiger partial charge in [0.1, 0.15) is 17.3 Å². The summed E-state index contributed by atoms with van der Waals surface area (Å²) in [5.74, 6) is -1.57. The first kappa shape index (κ1) is 24.5. The van der Waals surface area contributed by atoms with Crippen LogP contribution < -0.4 is 14.4 Å². The van der Waals surface area contributed by atoms with Crippen LogP contribution in [0.25, 0.3) is 5.76 Å². The molecule has 1 saturated heterocycles. The lowest BCUT2D eigenvalue weighted by atomic mass is 9.94. The second-order valence-corrected chi connectivity index (χ2v) is 7.91. The Bertz CT molecular complexity index is 1330. The quantitative estimate of drug-likeness (QED) is 0.226. The normalized spacial score (nSPS) is 16.6. The third-order valence-corrected chi connectivity index (χ3v) is 5.88. The molecule has 1 fully saturated rings. The molecule has 1 unspecified atom stereocenters. The van der Waals surface area contributed by atoms with Crippen LogP contribution in [0.1, 0.15) is 34.5 Å². The summed E-state index contributed by atoms with van der Waals surface area (Å²) in [4.78, 5) is 40.1. The molecule has 8 heteroatoms. The van der Waals surface area contributed by atoms with Gasteiger partial charge < -0.3 is 19.3 Å². The minimum atomic E-state index is -1.00. The highest BCUT2D eigenvalue weighted by Crippen LogP contribution is 2.45. The van der Waals surface area contributed by atoms with E-state index in [0.29, 0.717) is 33.9 Å². The molecule has 0 saturated carbocycles. The number of amides is 1. The van der Waals surface area contributed by atoms with Crippen LogP contribution >= 0.6 is 0 Å². The lowest BCUT2D eigenvalue weighted by molar-refractivity contribution is -0.132. The zero-order chi connectivity index (χ0) is 25.8. The minimum Gasteiger partial charge on any atom is -0.507 e. The van der Waals surface area contributed by atoms with Gasteiger partial charge in [-0.3, -0.25) is 14.5 Å². The molecule has 0 radical (unpaired) electrons. The van der Waals surface area contributed by atoms with Gasteiger partial charge in [0, 0.05) is 22.9 Å². The Labute approximate surface area is 208 Å². The van der Waals surface area contributed by atoms with E-state index >= 15 is 0 Å². The topological polar surface area (TPSA) is 102 Å². The molecule has 1 aliphatic heterocycles. The molecule has 3 aromatic carbocycles. The maximum Gasteiger partial charge on any atom is 0.338 e. The van der Waals surface area contributed by atoms with Gasteiger partial charge in [0.15, 0.2) is 0 Å². The van der Waals surface area contributed by atoms with Gasteiger partial charge >= 0.3 is 5.97 Å². The van der Waals surface area contributed by atoms with Gasteiger partial charge in [-0.1, -0.05) is 30.3 Å². The lowest BCUT2D eigenvalue weighted by Crippen LogP contribution is -2.29. The summed E-state index contributed by atoms with van der Waals surface area (Å²) in [6.07, 6.45) is 0. The Hall–Kier alpha value is -4.59. The SMILES string of the molecule is CCOC(=O)c1ccc(N2C(=O)C(=O)C(=C(O)c3ccccc3)C2c2ccc(OC)cc2OC)cc1. The molecule has 4 rings (SSSR count). The Kier molecular flexibility index (Phi) is 7.05. The van der Waals surface area contributed by atoms with Gasteiger partial charge in [-0.25, -0.2) is 4.79 Å². The summed E-state index contributed by atoms with van der Waals surface area (Å²) in [6.45, 7) is 1.94.